The smallest absolute Gasteiger partial charge is 0.410 e. The number of rotatable bonds is 2. The normalized spacial score (nSPS) is 23.0. The van der Waals surface area contributed by atoms with Crippen molar-refractivity contribution in [1.29, 1.82) is 0 Å². The first-order valence-corrected chi connectivity index (χ1v) is 7.62. The van der Waals surface area contributed by atoms with Gasteiger partial charge in [-0.1, -0.05) is 30.3 Å². The maximum Gasteiger partial charge on any atom is 0.410 e. The summed E-state index contributed by atoms with van der Waals surface area (Å²) >= 11 is 0. The Labute approximate surface area is 127 Å². The molecule has 1 N–H and O–H groups in total. The highest BCUT2D eigenvalue weighted by atomic mass is 16.6. The van der Waals surface area contributed by atoms with Crippen LogP contribution in [0.5, 0.6) is 0 Å². The lowest BCUT2D eigenvalue weighted by atomic mass is 10.0. The second-order valence-corrected chi connectivity index (χ2v) is 6.78. The van der Waals surface area contributed by atoms with Crippen molar-refractivity contribution in [2.24, 2.45) is 0 Å². The summed E-state index contributed by atoms with van der Waals surface area (Å²) in [5, 5.41) is 3.52. The summed E-state index contributed by atoms with van der Waals surface area (Å²) in [5.41, 5.74) is 0.838. The molecule has 116 valence electrons. The van der Waals surface area contributed by atoms with Crippen LogP contribution in [-0.2, 0) is 11.2 Å². The van der Waals surface area contributed by atoms with Gasteiger partial charge in [0.1, 0.15) is 5.60 Å². The van der Waals surface area contributed by atoms with Gasteiger partial charge in [0.2, 0.25) is 0 Å². The maximum atomic E-state index is 12.3. The lowest BCUT2D eigenvalue weighted by Gasteiger charge is -2.39. The van der Waals surface area contributed by atoms with Crippen molar-refractivity contribution in [1.82, 2.24) is 10.2 Å². The number of carbonyl (C=O) groups excluding carboxylic acids is 1. The molecule has 1 aliphatic heterocycles. The van der Waals surface area contributed by atoms with Gasteiger partial charge in [-0.3, -0.25) is 0 Å². The summed E-state index contributed by atoms with van der Waals surface area (Å²) < 4.78 is 5.51. The van der Waals surface area contributed by atoms with E-state index in [2.05, 4.69) is 24.4 Å². The van der Waals surface area contributed by atoms with E-state index in [9.17, 15) is 4.79 Å². The van der Waals surface area contributed by atoms with Crippen LogP contribution in [0.4, 0.5) is 4.79 Å². The predicted octanol–water partition coefficient (Wildman–Crippen LogP) is 2.83. The molecule has 0 aromatic heterocycles. The molecule has 0 bridgehead atoms. The van der Waals surface area contributed by atoms with Crippen molar-refractivity contribution >= 4 is 6.09 Å². The SMILES string of the molecule is C[C@H]1CN[C@H](Cc2ccccc2)CN1C(=O)OC(C)(C)C. The van der Waals surface area contributed by atoms with Gasteiger partial charge in [0.25, 0.3) is 0 Å². The molecule has 1 aliphatic rings. The van der Waals surface area contributed by atoms with Gasteiger partial charge in [-0.05, 0) is 39.7 Å². The highest BCUT2D eigenvalue weighted by Crippen LogP contribution is 2.16. The number of hydrogen-bond donors (Lipinski definition) is 1. The van der Waals surface area contributed by atoms with Gasteiger partial charge in [0.15, 0.2) is 0 Å². The number of piperazine rings is 1. The number of ether oxygens (including phenoxy) is 1. The molecular weight excluding hydrogens is 264 g/mol. The Hall–Kier alpha value is -1.55. The second kappa shape index (κ2) is 6.48. The first-order valence-electron chi connectivity index (χ1n) is 7.62. The van der Waals surface area contributed by atoms with Gasteiger partial charge in [0, 0.05) is 25.2 Å². The van der Waals surface area contributed by atoms with Gasteiger partial charge in [-0.25, -0.2) is 4.79 Å². The van der Waals surface area contributed by atoms with Crippen molar-refractivity contribution < 1.29 is 9.53 Å². The third-order valence-corrected chi connectivity index (χ3v) is 3.60. The van der Waals surface area contributed by atoms with Crippen LogP contribution in [0.2, 0.25) is 0 Å². The lowest BCUT2D eigenvalue weighted by molar-refractivity contribution is 0.00967. The first-order chi connectivity index (χ1) is 9.85. The van der Waals surface area contributed by atoms with E-state index < -0.39 is 5.60 Å². The summed E-state index contributed by atoms with van der Waals surface area (Å²) in [7, 11) is 0. The van der Waals surface area contributed by atoms with Crippen LogP contribution in [0.15, 0.2) is 30.3 Å². The molecule has 4 nitrogen and oxygen atoms in total. The molecule has 1 amide bonds. The van der Waals surface area contributed by atoms with E-state index in [0.29, 0.717) is 6.54 Å². The Morgan fingerprint density at radius 1 is 1.33 bits per heavy atom. The van der Waals surface area contributed by atoms with E-state index in [0.717, 1.165) is 13.0 Å². The van der Waals surface area contributed by atoms with Crippen LogP contribution < -0.4 is 5.32 Å². The molecule has 1 aromatic carbocycles. The fourth-order valence-electron chi connectivity index (χ4n) is 2.54. The van der Waals surface area contributed by atoms with Crippen molar-refractivity contribution in [3.05, 3.63) is 35.9 Å². The van der Waals surface area contributed by atoms with Crippen LogP contribution in [0.1, 0.15) is 33.3 Å². The molecule has 2 atom stereocenters. The third-order valence-electron chi connectivity index (χ3n) is 3.60. The fraction of sp³-hybridized carbons (Fsp3) is 0.588. The van der Waals surface area contributed by atoms with E-state index >= 15 is 0 Å². The quantitative estimate of drug-likeness (QED) is 0.910. The standard InChI is InChI=1S/C17H26N2O2/c1-13-11-18-15(10-14-8-6-5-7-9-14)12-19(13)16(20)21-17(2,3)4/h5-9,13,15,18H,10-12H2,1-4H3/t13-,15+/m0/s1. The minimum absolute atomic E-state index is 0.159. The van der Waals surface area contributed by atoms with E-state index in [1.165, 1.54) is 5.56 Å². The average Bonchev–Trinajstić information content (AvgIpc) is 2.40. The summed E-state index contributed by atoms with van der Waals surface area (Å²) in [4.78, 5) is 14.1. The van der Waals surface area contributed by atoms with Crippen LogP contribution in [0.25, 0.3) is 0 Å². The number of amides is 1. The molecule has 1 aromatic rings. The molecule has 0 radical (unpaired) electrons. The molecule has 1 heterocycles. The van der Waals surface area contributed by atoms with E-state index in [-0.39, 0.29) is 18.2 Å². The van der Waals surface area contributed by atoms with Crippen LogP contribution in [-0.4, -0.2) is 41.8 Å². The number of benzene rings is 1. The number of nitrogens with zero attached hydrogens (tertiary/aromatic N) is 1. The predicted molar refractivity (Wildman–Crippen MR) is 84.3 cm³/mol. The summed E-state index contributed by atoms with van der Waals surface area (Å²) in [6.45, 7) is 9.25. The topological polar surface area (TPSA) is 41.6 Å². The van der Waals surface area contributed by atoms with Gasteiger partial charge in [-0.15, -0.1) is 0 Å². The Morgan fingerprint density at radius 2 is 2.00 bits per heavy atom. The summed E-state index contributed by atoms with van der Waals surface area (Å²) in [6.07, 6.45) is 0.710. The zero-order valence-electron chi connectivity index (χ0n) is 13.4. The Kier molecular flexibility index (Phi) is 4.88. The molecular formula is C17H26N2O2. The zero-order chi connectivity index (χ0) is 15.5. The van der Waals surface area contributed by atoms with Crippen LogP contribution in [0, 0.1) is 0 Å². The molecule has 0 aliphatic carbocycles. The number of nitrogens with one attached hydrogen (secondary N) is 1. The molecule has 4 heteroatoms. The first kappa shape index (κ1) is 15.8. The van der Waals surface area contributed by atoms with Gasteiger partial charge in [0.05, 0.1) is 0 Å². The monoisotopic (exact) mass is 290 g/mol. The number of hydrogen-bond acceptors (Lipinski definition) is 3. The zero-order valence-corrected chi connectivity index (χ0v) is 13.4. The minimum atomic E-state index is -0.448. The summed E-state index contributed by atoms with van der Waals surface area (Å²) in [5.74, 6) is 0. The molecule has 21 heavy (non-hydrogen) atoms. The Balaban J connectivity index is 1.97. The number of carbonyl (C=O) groups is 1. The molecule has 2 rings (SSSR count). The third kappa shape index (κ3) is 4.74. The average molecular weight is 290 g/mol. The van der Waals surface area contributed by atoms with Crippen molar-refractivity contribution in [2.45, 2.75) is 51.8 Å². The van der Waals surface area contributed by atoms with Crippen LogP contribution in [0.3, 0.4) is 0 Å². The molecule has 0 saturated carbocycles. The van der Waals surface area contributed by atoms with Gasteiger partial charge in [-0.2, -0.15) is 0 Å². The molecule has 1 saturated heterocycles. The van der Waals surface area contributed by atoms with Crippen molar-refractivity contribution in [3.63, 3.8) is 0 Å². The van der Waals surface area contributed by atoms with E-state index in [4.69, 9.17) is 4.74 Å². The largest absolute Gasteiger partial charge is 0.444 e. The van der Waals surface area contributed by atoms with E-state index in [1.807, 2.05) is 43.9 Å². The highest BCUT2D eigenvalue weighted by Gasteiger charge is 2.31. The van der Waals surface area contributed by atoms with Gasteiger partial charge < -0.3 is 15.0 Å². The lowest BCUT2D eigenvalue weighted by Crippen LogP contribution is -2.58. The van der Waals surface area contributed by atoms with Crippen LogP contribution >= 0.6 is 0 Å². The Bertz CT molecular complexity index is 467. The second-order valence-electron chi connectivity index (χ2n) is 6.78. The minimum Gasteiger partial charge on any atom is -0.444 e. The highest BCUT2D eigenvalue weighted by molar-refractivity contribution is 5.68. The molecule has 0 spiro atoms. The fourth-order valence-corrected chi connectivity index (χ4v) is 2.54. The van der Waals surface area contributed by atoms with Crippen molar-refractivity contribution in [2.75, 3.05) is 13.1 Å². The van der Waals surface area contributed by atoms with Crippen molar-refractivity contribution in [3.8, 4) is 0 Å². The molecule has 0 unspecified atom stereocenters. The van der Waals surface area contributed by atoms with Gasteiger partial charge >= 0.3 is 6.09 Å². The van der Waals surface area contributed by atoms with E-state index in [1.54, 1.807) is 0 Å². The molecule has 1 fully saturated rings. The maximum absolute atomic E-state index is 12.3. The Morgan fingerprint density at radius 3 is 2.62 bits per heavy atom. The summed E-state index contributed by atoms with van der Waals surface area (Å²) in [6, 6.07) is 10.8.